The number of carbonyl (C=O) groups is 1. The number of benzene rings is 1. The second-order valence-corrected chi connectivity index (χ2v) is 7.19. The lowest BCUT2D eigenvalue weighted by Gasteiger charge is -2.24. The number of ether oxygens (including phenoxy) is 1. The van der Waals surface area contributed by atoms with Crippen LogP contribution in [0.4, 0.5) is 0 Å². The fourth-order valence-electron chi connectivity index (χ4n) is 2.71. The van der Waals surface area contributed by atoms with Crippen LogP contribution in [-0.2, 0) is 4.79 Å². The van der Waals surface area contributed by atoms with E-state index in [9.17, 15) is 4.79 Å². The van der Waals surface area contributed by atoms with Gasteiger partial charge in [0.05, 0.1) is 12.4 Å². The summed E-state index contributed by atoms with van der Waals surface area (Å²) in [6.07, 6.45) is 4.37. The van der Waals surface area contributed by atoms with Crippen LogP contribution in [0.1, 0.15) is 50.5 Å². The molecule has 1 fully saturated rings. The number of unbranched alkanes of at least 4 members (excludes halogenated alkanes) is 1. The van der Waals surface area contributed by atoms with Gasteiger partial charge >= 0.3 is 0 Å². The summed E-state index contributed by atoms with van der Waals surface area (Å²) < 4.78 is 5.72. The van der Waals surface area contributed by atoms with Gasteiger partial charge < -0.3 is 15.0 Å². The molecule has 1 N–H and O–H groups in total. The van der Waals surface area contributed by atoms with Crippen molar-refractivity contribution < 1.29 is 9.53 Å². The normalized spacial score (nSPS) is 16.8. The average Bonchev–Trinajstić information content (AvgIpc) is 2.96. The van der Waals surface area contributed by atoms with Gasteiger partial charge in [0.1, 0.15) is 11.1 Å². The van der Waals surface area contributed by atoms with Crippen molar-refractivity contribution in [3.8, 4) is 5.75 Å². The van der Waals surface area contributed by atoms with Crippen molar-refractivity contribution >= 4 is 30.1 Å². The number of amides is 1. The first kappa shape index (κ1) is 22.1. The highest BCUT2D eigenvalue weighted by molar-refractivity contribution is 8.00. The van der Waals surface area contributed by atoms with Crippen LogP contribution < -0.4 is 10.1 Å². The third-order valence-corrected chi connectivity index (χ3v) is 5.34. The molecule has 1 saturated heterocycles. The molecule has 142 valence electrons. The molecule has 4 nitrogen and oxygen atoms in total. The van der Waals surface area contributed by atoms with Crippen molar-refractivity contribution in [2.45, 2.75) is 44.9 Å². The van der Waals surface area contributed by atoms with E-state index in [4.69, 9.17) is 4.74 Å². The van der Waals surface area contributed by atoms with Crippen LogP contribution in [0.3, 0.4) is 0 Å². The Bertz CT molecular complexity index is 499. The van der Waals surface area contributed by atoms with E-state index in [1.807, 2.05) is 17.0 Å². The molecule has 2 rings (SSSR count). The largest absolute Gasteiger partial charge is 0.494 e. The van der Waals surface area contributed by atoms with Crippen molar-refractivity contribution in [3.63, 3.8) is 0 Å². The number of nitrogens with zero attached hydrogens (tertiary/aromatic N) is 1. The van der Waals surface area contributed by atoms with Crippen LogP contribution in [0, 0.1) is 0 Å². The summed E-state index contributed by atoms with van der Waals surface area (Å²) in [5, 5.41) is 3.55. The van der Waals surface area contributed by atoms with Crippen LogP contribution >= 0.6 is 24.2 Å². The highest BCUT2D eigenvalue weighted by Gasteiger charge is 2.32. The number of nitrogens with one attached hydrogen (secondary N) is 1. The monoisotopic (exact) mass is 386 g/mol. The first-order valence-corrected chi connectivity index (χ1v) is 10.2. The van der Waals surface area contributed by atoms with Gasteiger partial charge in [-0.15, -0.1) is 24.2 Å². The number of halogens is 1. The topological polar surface area (TPSA) is 41.6 Å². The number of hydrogen-bond acceptors (Lipinski definition) is 4. The van der Waals surface area contributed by atoms with E-state index in [2.05, 4.69) is 31.3 Å². The summed E-state index contributed by atoms with van der Waals surface area (Å²) in [6, 6.07) is 8.24. The van der Waals surface area contributed by atoms with Crippen LogP contribution in [0.5, 0.6) is 5.75 Å². The van der Waals surface area contributed by atoms with Crippen LogP contribution in [0.25, 0.3) is 0 Å². The number of rotatable bonds is 11. The predicted octanol–water partition coefficient (Wildman–Crippen LogP) is 4.25. The van der Waals surface area contributed by atoms with E-state index in [0.29, 0.717) is 5.75 Å². The SMILES string of the molecule is CCCCOc1ccc(C2SCC(=O)N2CCCNCCC)cc1.Cl. The summed E-state index contributed by atoms with van der Waals surface area (Å²) in [6.45, 7) is 7.93. The second kappa shape index (κ2) is 12.4. The molecule has 0 radical (unpaired) electrons. The highest BCUT2D eigenvalue weighted by Crippen LogP contribution is 2.39. The molecule has 6 heteroatoms. The van der Waals surface area contributed by atoms with E-state index in [1.165, 1.54) is 5.56 Å². The maximum atomic E-state index is 12.2. The fraction of sp³-hybridized carbons (Fsp3) is 0.632. The Hall–Kier alpha value is -0.910. The summed E-state index contributed by atoms with van der Waals surface area (Å²) in [4.78, 5) is 14.2. The molecule has 0 aromatic heterocycles. The molecule has 0 bridgehead atoms. The molecule has 0 spiro atoms. The maximum Gasteiger partial charge on any atom is 0.233 e. The Labute approximate surface area is 162 Å². The number of thioether (sulfide) groups is 1. The van der Waals surface area contributed by atoms with E-state index in [-0.39, 0.29) is 23.7 Å². The molecule has 25 heavy (non-hydrogen) atoms. The third-order valence-electron chi connectivity index (χ3n) is 4.08. The first-order valence-electron chi connectivity index (χ1n) is 9.10. The van der Waals surface area contributed by atoms with Crippen molar-refractivity contribution in [2.24, 2.45) is 0 Å². The summed E-state index contributed by atoms with van der Waals surface area (Å²) >= 11 is 1.72. The Morgan fingerprint density at radius 1 is 1.16 bits per heavy atom. The highest BCUT2D eigenvalue weighted by atomic mass is 35.5. The zero-order chi connectivity index (χ0) is 17.2. The predicted molar refractivity (Wildman–Crippen MR) is 109 cm³/mol. The molecule has 1 amide bonds. The summed E-state index contributed by atoms with van der Waals surface area (Å²) in [5.41, 5.74) is 1.19. The zero-order valence-corrected chi connectivity index (χ0v) is 17.0. The van der Waals surface area contributed by atoms with Gasteiger partial charge in [0.25, 0.3) is 0 Å². The first-order chi connectivity index (χ1) is 11.8. The minimum atomic E-state index is 0. The summed E-state index contributed by atoms with van der Waals surface area (Å²) in [5.74, 6) is 1.75. The molecule has 1 aromatic carbocycles. The molecule has 1 aliphatic rings. The lowest BCUT2D eigenvalue weighted by Crippen LogP contribution is -2.31. The van der Waals surface area contributed by atoms with Gasteiger partial charge in [-0.25, -0.2) is 0 Å². The molecule has 0 aliphatic carbocycles. The smallest absolute Gasteiger partial charge is 0.233 e. The maximum absolute atomic E-state index is 12.2. The van der Waals surface area contributed by atoms with E-state index in [0.717, 1.165) is 57.7 Å². The van der Waals surface area contributed by atoms with Gasteiger partial charge in [-0.3, -0.25) is 4.79 Å². The van der Waals surface area contributed by atoms with Crippen LogP contribution in [0.15, 0.2) is 24.3 Å². The molecular formula is C19H31ClN2O2S. The van der Waals surface area contributed by atoms with Gasteiger partial charge in [0.15, 0.2) is 0 Å². The van der Waals surface area contributed by atoms with Gasteiger partial charge in [0.2, 0.25) is 5.91 Å². The van der Waals surface area contributed by atoms with E-state index >= 15 is 0 Å². The minimum absolute atomic E-state index is 0. The molecule has 0 saturated carbocycles. The fourth-order valence-corrected chi connectivity index (χ4v) is 3.93. The van der Waals surface area contributed by atoms with Crippen molar-refractivity contribution in [2.75, 3.05) is 32.0 Å². The van der Waals surface area contributed by atoms with Crippen LogP contribution in [-0.4, -0.2) is 42.8 Å². The van der Waals surface area contributed by atoms with E-state index in [1.54, 1.807) is 11.8 Å². The Morgan fingerprint density at radius 2 is 1.92 bits per heavy atom. The molecular weight excluding hydrogens is 356 g/mol. The summed E-state index contributed by atoms with van der Waals surface area (Å²) in [7, 11) is 0. The average molecular weight is 387 g/mol. The van der Waals surface area contributed by atoms with Gasteiger partial charge in [0, 0.05) is 6.54 Å². The minimum Gasteiger partial charge on any atom is -0.494 e. The van der Waals surface area contributed by atoms with Crippen molar-refractivity contribution in [1.82, 2.24) is 10.2 Å². The molecule has 1 heterocycles. The van der Waals surface area contributed by atoms with E-state index < -0.39 is 0 Å². The Kier molecular flexibility index (Phi) is 11.0. The molecule has 1 atom stereocenters. The van der Waals surface area contributed by atoms with Gasteiger partial charge in [-0.1, -0.05) is 32.4 Å². The Morgan fingerprint density at radius 3 is 2.60 bits per heavy atom. The molecule has 1 aromatic rings. The standard InChI is InChI=1S/C19H30N2O2S.ClH/c1-3-5-14-23-17-9-7-16(8-10-17)19-21(18(22)15-24-19)13-6-12-20-11-4-2;/h7-10,19-20H,3-6,11-15H2,1-2H3;1H. The van der Waals surface area contributed by atoms with Crippen LogP contribution in [0.2, 0.25) is 0 Å². The molecule has 1 aliphatic heterocycles. The number of hydrogen-bond donors (Lipinski definition) is 1. The van der Waals surface area contributed by atoms with Crippen molar-refractivity contribution in [3.05, 3.63) is 29.8 Å². The lowest BCUT2D eigenvalue weighted by molar-refractivity contribution is -0.128. The Balaban J connectivity index is 0.00000312. The van der Waals surface area contributed by atoms with Crippen molar-refractivity contribution in [1.29, 1.82) is 0 Å². The van der Waals surface area contributed by atoms with Gasteiger partial charge in [-0.05, 0) is 50.0 Å². The zero-order valence-electron chi connectivity index (χ0n) is 15.3. The lowest BCUT2D eigenvalue weighted by atomic mass is 10.2. The second-order valence-electron chi connectivity index (χ2n) is 6.13. The quantitative estimate of drug-likeness (QED) is 0.577. The third kappa shape index (κ3) is 7.08. The van der Waals surface area contributed by atoms with Gasteiger partial charge in [-0.2, -0.15) is 0 Å². The number of carbonyl (C=O) groups excluding carboxylic acids is 1. The molecule has 1 unspecified atom stereocenters.